The van der Waals surface area contributed by atoms with Gasteiger partial charge < -0.3 is 14.4 Å². The second kappa shape index (κ2) is 10.7. The number of amides is 1. The van der Waals surface area contributed by atoms with Crippen molar-refractivity contribution in [3.05, 3.63) is 101 Å². The van der Waals surface area contributed by atoms with Gasteiger partial charge in [-0.1, -0.05) is 72.5 Å². The Kier molecular flexibility index (Phi) is 7.17. The molecule has 0 atom stereocenters. The summed E-state index contributed by atoms with van der Waals surface area (Å²) in [7, 11) is 5.57. The Morgan fingerprint density at radius 1 is 0.946 bits per heavy atom. The molecule has 1 aliphatic rings. The highest BCUT2D eigenvalue weighted by atomic mass is 32.2. The van der Waals surface area contributed by atoms with Crippen LogP contribution >= 0.6 is 24.0 Å². The summed E-state index contributed by atoms with van der Waals surface area (Å²) in [6.45, 7) is 0.419. The van der Waals surface area contributed by atoms with Gasteiger partial charge in [0.15, 0.2) is 15.8 Å². The van der Waals surface area contributed by atoms with Crippen LogP contribution in [0.25, 0.3) is 16.8 Å². The van der Waals surface area contributed by atoms with E-state index in [0.717, 1.165) is 22.5 Å². The standard InChI is InChI=1S/C30H26N2O3S2/c1-31(2)23-12-14-24(15-13-23)32-29(33)28(37-30(32)36)18-20-11-16-26(27(17-20)34-3)35-19-22-9-6-8-21-7-4-5-10-25(21)22/h4-18H,19H2,1-3H3/b28-18-. The third kappa shape index (κ3) is 5.19. The van der Waals surface area contributed by atoms with E-state index in [9.17, 15) is 4.79 Å². The fraction of sp³-hybridized carbons (Fsp3) is 0.133. The summed E-state index contributed by atoms with van der Waals surface area (Å²) in [4.78, 5) is 17.4. The van der Waals surface area contributed by atoms with Gasteiger partial charge in [-0.3, -0.25) is 9.69 Å². The topological polar surface area (TPSA) is 42.0 Å². The van der Waals surface area contributed by atoms with E-state index in [2.05, 4.69) is 24.3 Å². The number of nitrogens with zero attached hydrogens (tertiary/aromatic N) is 2. The summed E-state index contributed by atoms with van der Waals surface area (Å²) in [5.74, 6) is 1.10. The lowest BCUT2D eigenvalue weighted by Gasteiger charge is -2.17. The molecule has 1 fully saturated rings. The van der Waals surface area contributed by atoms with Crippen LogP contribution in [0.2, 0.25) is 0 Å². The maximum Gasteiger partial charge on any atom is 0.270 e. The minimum atomic E-state index is -0.136. The molecule has 0 aromatic heterocycles. The van der Waals surface area contributed by atoms with E-state index in [0.29, 0.717) is 27.3 Å². The molecule has 5 nitrogen and oxygen atoms in total. The first-order chi connectivity index (χ1) is 17.9. The Hall–Kier alpha value is -3.81. The first-order valence-corrected chi connectivity index (χ1v) is 13.0. The van der Waals surface area contributed by atoms with E-state index in [1.807, 2.05) is 85.7 Å². The van der Waals surface area contributed by atoms with Crippen LogP contribution in [-0.4, -0.2) is 31.4 Å². The van der Waals surface area contributed by atoms with Crippen LogP contribution < -0.4 is 19.3 Å². The molecule has 0 radical (unpaired) electrons. The van der Waals surface area contributed by atoms with Gasteiger partial charge in [0, 0.05) is 19.8 Å². The summed E-state index contributed by atoms with van der Waals surface area (Å²) in [5, 5.41) is 2.34. The fourth-order valence-corrected chi connectivity index (χ4v) is 5.51. The molecular formula is C30H26N2O3S2. The van der Waals surface area contributed by atoms with Gasteiger partial charge in [0.1, 0.15) is 6.61 Å². The van der Waals surface area contributed by atoms with Gasteiger partial charge in [0.25, 0.3) is 5.91 Å². The molecule has 0 saturated carbocycles. The lowest BCUT2D eigenvalue weighted by Crippen LogP contribution is -2.27. The summed E-state index contributed by atoms with van der Waals surface area (Å²) in [5.41, 5.74) is 3.75. The Balaban J connectivity index is 1.34. The summed E-state index contributed by atoms with van der Waals surface area (Å²) in [6.07, 6.45) is 1.84. The van der Waals surface area contributed by atoms with E-state index in [1.54, 1.807) is 12.0 Å². The van der Waals surface area contributed by atoms with Crippen molar-refractivity contribution in [1.29, 1.82) is 0 Å². The molecule has 1 heterocycles. The van der Waals surface area contributed by atoms with Crippen molar-refractivity contribution in [1.82, 2.24) is 0 Å². The maximum absolute atomic E-state index is 13.2. The SMILES string of the molecule is COc1cc(/C=C2\SC(=S)N(c3ccc(N(C)C)cc3)C2=O)ccc1OCc1cccc2ccccc12. The van der Waals surface area contributed by atoms with Crippen LogP contribution in [0.3, 0.4) is 0 Å². The molecule has 4 aromatic carbocycles. The lowest BCUT2D eigenvalue weighted by atomic mass is 10.1. The fourth-order valence-electron chi connectivity index (χ4n) is 4.21. The van der Waals surface area contributed by atoms with Crippen LogP contribution in [0, 0.1) is 0 Å². The average Bonchev–Trinajstić information content (AvgIpc) is 3.19. The average molecular weight is 527 g/mol. The Labute approximate surface area is 226 Å². The van der Waals surface area contributed by atoms with Gasteiger partial charge in [-0.2, -0.15) is 0 Å². The predicted molar refractivity (Wildman–Crippen MR) is 158 cm³/mol. The number of methoxy groups -OCH3 is 1. The number of ether oxygens (including phenoxy) is 2. The molecule has 1 amide bonds. The molecule has 4 aromatic rings. The normalized spacial score (nSPS) is 14.5. The number of carbonyl (C=O) groups is 1. The van der Waals surface area contributed by atoms with Crippen LogP contribution in [0.1, 0.15) is 11.1 Å². The number of carbonyl (C=O) groups excluding carboxylic acids is 1. The largest absolute Gasteiger partial charge is 0.493 e. The number of hydrogen-bond acceptors (Lipinski definition) is 6. The van der Waals surface area contributed by atoms with Gasteiger partial charge in [-0.15, -0.1) is 0 Å². The Morgan fingerprint density at radius 3 is 2.46 bits per heavy atom. The van der Waals surface area contributed by atoms with Crippen LogP contribution in [0.15, 0.2) is 89.8 Å². The van der Waals surface area contributed by atoms with E-state index in [4.69, 9.17) is 21.7 Å². The number of hydrogen-bond donors (Lipinski definition) is 0. The third-order valence-corrected chi connectivity index (χ3v) is 7.47. The van der Waals surface area contributed by atoms with E-state index in [1.165, 1.54) is 22.5 Å². The molecule has 7 heteroatoms. The van der Waals surface area contributed by atoms with Gasteiger partial charge in [0.05, 0.1) is 17.7 Å². The predicted octanol–water partition coefficient (Wildman–Crippen LogP) is 6.90. The molecular weight excluding hydrogens is 500 g/mol. The van der Waals surface area contributed by atoms with E-state index in [-0.39, 0.29) is 5.91 Å². The number of thioether (sulfide) groups is 1. The summed E-state index contributed by atoms with van der Waals surface area (Å²) >= 11 is 6.83. The van der Waals surface area contributed by atoms with Crippen molar-refractivity contribution < 1.29 is 14.3 Å². The van der Waals surface area contributed by atoms with Crippen molar-refractivity contribution >= 4 is 62.4 Å². The van der Waals surface area contributed by atoms with Crippen molar-refractivity contribution in [2.24, 2.45) is 0 Å². The zero-order chi connectivity index (χ0) is 25.9. The van der Waals surface area contributed by atoms with Crippen LogP contribution in [0.5, 0.6) is 11.5 Å². The molecule has 37 heavy (non-hydrogen) atoms. The third-order valence-electron chi connectivity index (χ3n) is 6.17. The molecule has 0 spiro atoms. The Bertz CT molecular complexity index is 1510. The molecule has 0 N–H and O–H groups in total. The number of fused-ring (bicyclic) bond motifs is 1. The Morgan fingerprint density at radius 2 is 1.70 bits per heavy atom. The molecule has 186 valence electrons. The van der Waals surface area contributed by atoms with Crippen LogP contribution in [0.4, 0.5) is 11.4 Å². The van der Waals surface area contributed by atoms with E-state index < -0.39 is 0 Å². The second-order valence-corrected chi connectivity index (χ2v) is 10.4. The van der Waals surface area contributed by atoms with Gasteiger partial charge >= 0.3 is 0 Å². The zero-order valence-corrected chi connectivity index (χ0v) is 22.4. The highest BCUT2D eigenvalue weighted by Gasteiger charge is 2.33. The zero-order valence-electron chi connectivity index (χ0n) is 20.8. The van der Waals surface area contributed by atoms with E-state index >= 15 is 0 Å². The van der Waals surface area contributed by atoms with Crippen molar-refractivity contribution in [2.75, 3.05) is 31.0 Å². The molecule has 0 unspecified atom stereocenters. The number of benzene rings is 4. The van der Waals surface area contributed by atoms with Gasteiger partial charge in [-0.05, 0) is 64.4 Å². The van der Waals surface area contributed by atoms with Gasteiger partial charge in [0.2, 0.25) is 0 Å². The van der Waals surface area contributed by atoms with Crippen molar-refractivity contribution in [3.63, 3.8) is 0 Å². The smallest absolute Gasteiger partial charge is 0.270 e. The molecule has 0 aliphatic carbocycles. The highest BCUT2D eigenvalue weighted by molar-refractivity contribution is 8.27. The lowest BCUT2D eigenvalue weighted by molar-refractivity contribution is -0.113. The maximum atomic E-state index is 13.2. The van der Waals surface area contributed by atoms with Crippen molar-refractivity contribution in [3.8, 4) is 11.5 Å². The first-order valence-electron chi connectivity index (χ1n) is 11.8. The van der Waals surface area contributed by atoms with Crippen molar-refractivity contribution in [2.45, 2.75) is 6.61 Å². The number of rotatable bonds is 7. The number of thiocarbonyl (C=S) groups is 1. The molecule has 5 rings (SSSR count). The molecule has 1 aliphatic heterocycles. The second-order valence-electron chi connectivity index (χ2n) is 8.77. The minimum absolute atomic E-state index is 0.136. The minimum Gasteiger partial charge on any atom is -0.493 e. The highest BCUT2D eigenvalue weighted by Crippen LogP contribution is 2.38. The molecule has 1 saturated heterocycles. The quantitative estimate of drug-likeness (QED) is 0.193. The first kappa shape index (κ1) is 24.9. The number of anilines is 2. The van der Waals surface area contributed by atoms with Gasteiger partial charge in [-0.25, -0.2) is 0 Å². The van der Waals surface area contributed by atoms with Crippen LogP contribution in [-0.2, 0) is 11.4 Å². The summed E-state index contributed by atoms with van der Waals surface area (Å²) < 4.78 is 12.3. The molecule has 0 bridgehead atoms. The summed E-state index contributed by atoms with van der Waals surface area (Å²) in [6, 6.07) is 27.9. The monoisotopic (exact) mass is 526 g/mol.